The number of aryl methyl sites for hydroxylation is 1. The van der Waals surface area contributed by atoms with Gasteiger partial charge in [-0.3, -0.25) is 9.69 Å². The number of aromatic nitrogens is 1. The first-order valence-corrected chi connectivity index (χ1v) is 11.0. The highest BCUT2D eigenvalue weighted by molar-refractivity contribution is 6.12. The van der Waals surface area contributed by atoms with Crippen LogP contribution in [0.2, 0.25) is 0 Å². The van der Waals surface area contributed by atoms with E-state index in [1.807, 2.05) is 48.6 Å². The fraction of sp³-hybridized carbons (Fsp3) is 0.400. The van der Waals surface area contributed by atoms with Crippen molar-refractivity contribution in [1.82, 2.24) is 9.47 Å². The molecule has 3 aromatic rings. The monoisotopic (exact) mass is 459 g/mol. The highest BCUT2D eigenvalue weighted by Crippen LogP contribution is 2.33. The van der Waals surface area contributed by atoms with E-state index in [1.165, 1.54) is 12.1 Å². The normalized spacial score (nSPS) is 16.3. The molecule has 2 aromatic carbocycles. The van der Waals surface area contributed by atoms with Crippen LogP contribution in [0.1, 0.15) is 28.5 Å². The van der Waals surface area contributed by atoms with E-state index in [9.17, 15) is 18.0 Å². The fourth-order valence-corrected chi connectivity index (χ4v) is 4.61. The number of ether oxygens (including phenoxy) is 1. The lowest BCUT2D eigenvalue weighted by Gasteiger charge is -2.38. The van der Waals surface area contributed by atoms with Gasteiger partial charge in [0.25, 0.3) is 0 Å². The van der Waals surface area contributed by atoms with Crippen LogP contribution in [0.3, 0.4) is 0 Å². The quantitative estimate of drug-likeness (QED) is 0.509. The van der Waals surface area contributed by atoms with Crippen LogP contribution in [0, 0.1) is 6.92 Å². The van der Waals surface area contributed by atoms with Gasteiger partial charge in [-0.25, -0.2) is 0 Å². The van der Waals surface area contributed by atoms with Gasteiger partial charge in [0.15, 0.2) is 5.78 Å². The van der Waals surface area contributed by atoms with Gasteiger partial charge >= 0.3 is 6.18 Å². The second kappa shape index (κ2) is 8.74. The number of anilines is 1. The molecule has 1 atom stereocenters. The Hall–Kier alpha value is -3.00. The standard InChI is InChI=1S/C25H28F3N3O2/c1-16-23(21-15-20(33-4)8-9-22(21)29(16)3)24(32)17(2)30-10-12-31(13-11-30)19-7-5-6-18(14-19)25(26,27)28/h5-9,14-15,17H,10-13H2,1-4H3/t17-/m0/s1. The summed E-state index contributed by atoms with van der Waals surface area (Å²) in [4.78, 5) is 17.6. The topological polar surface area (TPSA) is 37.7 Å². The van der Waals surface area contributed by atoms with Crippen molar-refractivity contribution in [1.29, 1.82) is 0 Å². The van der Waals surface area contributed by atoms with E-state index in [0.717, 1.165) is 22.7 Å². The first-order valence-electron chi connectivity index (χ1n) is 11.0. The molecule has 8 heteroatoms. The fourth-order valence-electron chi connectivity index (χ4n) is 4.61. The minimum atomic E-state index is -4.36. The van der Waals surface area contributed by atoms with E-state index in [0.29, 0.717) is 43.2 Å². The van der Waals surface area contributed by atoms with Gasteiger partial charge in [-0.15, -0.1) is 0 Å². The van der Waals surface area contributed by atoms with Crippen LogP contribution in [0.15, 0.2) is 42.5 Å². The number of benzene rings is 2. The molecule has 0 spiro atoms. The highest BCUT2D eigenvalue weighted by Gasteiger charge is 2.32. The summed E-state index contributed by atoms with van der Waals surface area (Å²) >= 11 is 0. The molecule has 0 bridgehead atoms. The molecule has 176 valence electrons. The van der Waals surface area contributed by atoms with E-state index in [1.54, 1.807) is 13.2 Å². The molecule has 1 aliphatic rings. The number of alkyl halides is 3. The molecular weight excluding hydrogens is 431 g/mol. The minimum Gasteiger partial charge on any atom is -0.497 e. The Morgan fingerprint density at radius 1 is 1.06 bits per heavy atom. The maximum absolute atomic E-state index is 13.6. The van der Waals surface area contributed by atoms with Gasteiger partial charge in [-0.05, 0) is 50.2 Å². The lowest BCUT2D eigenvalue weighted by Crippen LogP contribution is -2.51. The van der Waals surface area contributed by atoms with Crippen LogP contribution in [-0.2, 0) is 13.2 Å². The molecule has 5 nitrogen and oxygen atoms in total. The summed E-state index contributed by atoms with van der Waals surface area (Å²) < 4.78 is 46.6. The summed E-state index contributed by atoms with van der Waals surface area (Å²) in [6, 6.07) is 10.8. The second-order valence-electron chi connectivity index (χ2n) is 8.51. The number of ketones is 1. The summed E-state index contributed by atoms with van der Waals surface area (Å²) in [6.45, 7) is 6.15. The van der Waals surface area contributed by atoms with Gasteiger partial charge in [-0.2, -0.15) is 13.2 Å². The van der Waals surface area contributed by atoms with Gasteiger partial charge in [-0.1, -0.05) is 6.07 Å². The number of methoxy groups -OCH3 is 1. The largest absolute Gasteiger partial charge is 0.497 e. The number of piperazine rings is 1. The Labute approximate surface area is 191 Å². The number of hydrogen-bond donors (Lipinski definition) is 0. The molecule has 1 saturated heterocycles. The second-order valence-corrected chi connectivity index (χ2v) is 8.51. The van der Waals surface area contributed by atoms with Gasteiger partial charge in [0.1, 0.15) is 5.75 Å². The lowest BCUT2D eigenvalue weighted by atomic mass is 10.00. The Morgan fingerprint density at radius 3 is 2.39 bits per heavy atom. The number of Topliss-reactive ketones (excluding diaryl/α,β-unsaturated/α-hetero) is 1. The van der Waals surface area contributed by atoms with Gasteiger partial charge in [0, 0.05) is 61.1 Å². The number of carbonyl (C=O) groups excluding carboxylic acids is 1. The Kier molecular flexibility index (Phi) is 6.14. The van der Waals surface area contributed by atoms with Crippen molar-refractivity contribution in [3.05, 3.63) is 59.3 Å². The van der Waals surface area contributed by atoms with Crippen molar-refractivity contribution < 1.29 is 22.7 Å². The molecule has 2 heterocycles. The molecule has 0 radical (unpaired) electrons. The third-order valence-electron chi connectivity index (χ3n) is 6.73. The third-order valence-corrected chi connectivity index (χ3v) is 6.73. The number of rotatable bonds is 5. The third kappa shape index (κ3) is 4.31. The molecule has 0 saturated carbocycles. The predicted molar refractivity (Wildman–Crippen MR) is 123 cm³/mol. The van der Waals surface area contributed by atoms with Crippen molar-refractivity contribution in [2.45, 2.75) is 26.1 Å². The molecule has 0 unspecified atom stereocenters. The maximum Gasteiger partial charge on any atom is 0.416 e. The van der Waals surface area contributed by atoms with E-state index in [4.69, 9.17) is 4.74 Å². The molecule has 1 fully saturated rings. The SMILES string of the molecule is COc1ccc2c(c1)c(C(=O)[C@H](C)N1CCN(c3cccc(C(F)(F)F)c3)CC1)c(C)n2C. The Balaban J connectivity index is 1.51. The summed E-state index contributed by atoms with van der Waals surface area (Å²) in [5, 5.41) is 0.869. The average molecular weight is 460 g/mol. The molecule has 1 aliphatic heterocycles. The van der Waals surface area contributed by atoms with Crippen LogP contribution in [0.5, 0.6) is 5.75 Å². The number of carbonyl (C=O) groups is 1. The van der Waals surface area contributed by atoms with Crippen LogP contribution >= 0.6 is 0 Å². The van der Waals surface area contributed by atoms with E-state index < -0.39 is 11.7 Å². The van der Waals surface area contributed by atoms with E-state index >= 15 is 0 Å². The summed E-state index contributed by atoms with van der Waals surface area (Å²) in [7, 11) is 3.55. The van der Waals surface area contributed by atoms with Crippen molar-refractivity contribution in [2.24, 2.45) is 7.05 Å². The zero-order valence-electron chi connectivity index (χ0n) is 19.2. The van der Waals surface area contributed by atoms with Crippen LogP contribution in [0.4, 0.5) is 18.9 Å². The molecule has 0 aliphatic carbocycles. The minimum absolute atomic E-state index is 0.0406. The molecule has 0 N–H and O–H groups in total. The summed E-state index contributed by atoms with van der Waals surface area (Å²) in [5.41, 5.74) is 2.48. The maximum atomic E-state index is 13.6. The van der Waals surface area contributed by atoms with Crippen LogP contribution in [-0.4, -0.2) is 54.6 Å². The first kappa shape index (κ1) is 23.2. The highest BCUT2D eigenvalue weighted by atomic mass is 19.4. The molecule has 0 amide bonds. The van der Waals surface area contributed by atoms with E-state index in [-0.39, 0.29) is 11.8 Å². The smallest absolute Gasteiger partial charge is 0.416 e. The molecular formula is C25H28F3N3O2. The van der Waals surface area contributed by atoms with Gasteiger partial charge < -0.3 is 14.2 Å². The van der Waals surface area contributed by atoms with Crippen molar-refractivity contribution in [3.8, 4) is 5.75 Å². The Bertz CT molecular complexity index is 1180. The van der Waals surface area contributed by atoms with Crippen molar-refractivity contribution in [2.75, 3.05) is 38.2 Å². The zero-order valence-corrected chi connectivity index (χ0v) is 19.2. The number of hydrogen-bond acceptors (Lipinski definition) is 4. The predicted octanol–water partition coefficient (Wildman–Crippen LogP) is 4.91. The molecule has 33 heavy (non-hydrogen) atoms. The summed E-state index contributed by atoms with van der Waals surface area (Å²) in [5.74, 6) is 0.739. The lowest BCUT2D eigenvalue weighted by molar-refractivity contribution is -0.137. The number of fused-ring (bicyclic) bond motifs is 1. The van der Waals surface area contributed by atoms with Crippen molar-refractivity contribution >= 4 is 22.4 Å². The zero-order chi connectivity index (χ0) is 23.9. The average Bonchev–Trinajstić information content (AvgIpc) is 3.07. The summed E-state index contributed by atoms with van der Waals surface area (Å²) in [6.07, 6.45) is -4.36. The van der Waals surface area contributed by atoms with E-state index in [2.05, 4.69) is 4.90 Å². The first-order chi connectivity index (χ1) is 15.6. The number of halogens is 3. The van der Waals surface area contributed by atoms with Crippen LogP contribution < -0.4 is 9.64 Å². The molecule has 1 aromatic heterocycles. The van der Waals surface area contributed by atoms with Crippen molar-refractivity contribution in [3.63, 3.8) is 0 Å². The van der Waals surface area contributed by atoms with Crippen LogP contribution in [0.25, 0.3) is 10.9 Å². The Morgan fingerprint density at radius 2 is 1.76 bits per heavy atom. The number of nitrogens with zero attached hydrogens (tertiary/aromatic N) is 3. The molecule has 4 rings (SSSR count). The van der Waals surface area contributed by atoms with Gasteiger partial charge in [0.05, 0.1) is 18.7 Å². The van der Waals surface area contributed by atoms with Gasteiger partial charge in [0.2, 0.25) is 0 Å².